The van der Waals surface area contributed by atoms with E-state index in [-0.39, 0.29) is 5.69 Å². The topological polar surface area (TPSA) is 105 Å². The summed E-state index contributed by atoms with van der Waals surface area (Å²) in [6, 6.07) is 3.82. The third-order valence-corrected chi connectivity index (χ3v) is 4.59. The number of hydrogen-bond donors (Lipinski definition) is 2. The highest BCUT2D eigenvalue weighted by Crippen LogP contribution is 2.24. The highest BCUT2D eigenvalue weighted by Gasteiger charge is 2.35. The van der Waals surface area contributed by atoms with Crippen LogP contribution in [0.1, 0.15) is 5.56 Å². The molecular weight excluding hydrogens is 306 g/mol. The van der Waals surface area contributed by atoms with Crippen LogP contribution < -0.4 is 10.0 Å². The van der Waals surface area contributed by atoms with Gasteiger partial charge >= 0.3 is 6.03 Å². The van der Waals surface area contributed by atoms with Gasteiger partial charge in [-0.3, -0.25) is 14.8 Å². The van der Waals surface area contributed by atoms with Gasteiger partial charge in [-0.2, -0.15) is 0 Å². The fraction of sp³-hybridized carbons (Fsp3) is 0.182. The number of carbonyl (C=O) groups excluding carboxylic acids is 2. The van der Waals surface area contributed by atoms with Gasteiger partial charge in [-0.15, -0.1) is 0 Å². The van der Waals surface area contributed by atoms with Crippen LogP contribution in [0.3, 0.4) is 0 Å². The predicted molar refractivity (Wildman–Crippen MR) is 74.6 cm³/mol. The maximum atomic E-state index is 12.1. The summed E-state index contributed by atoms with van der Waals surface area (Å²) in [6.45, 7) is 1.64. The van der Waals surface area contributed by atoms with Gasteiger partial charge in [-0.1, -0.05) is 17.7 Å². The molecule has 1 aliphatic rings. The molecular formula is C11H10ClN3O4S. The summed E-state index contributed by atoms with van der Waals surface area (Å²) in [5, 5.41) is 0.646. The normalized spacial score (nSPS) is 18.8. The van der Waals surface area contributed by atoms with E-state index >= 15 is 0 Å². The Morgan fingerprint density at radius 2 is 2.05 bits per heavy atom. The summed E-state index contributed by atoms with van der Waals surface area (Å²) in [5.41, 5.74) is 0.789. The predicted octanol–water partition coefficient (Wildman–Crippen LogP) is 1.08. The molecule has 2 N–H and O–H groups in total. The molecule has 20 heavy (non-hydrogen) atoms. The molecule has 0 saturated carbocycles. The number of imide groups is 1. The molecule has 2 rings (SSSR count). The van der Waals surface area contributed by atoms with Crippen LogP contribution in [0.25, 0.3) is 0 Å². The van der Waals surface area contributed by atoms with Crippen LogP contribution in [0.2, 0.25) is 5.02 Å². The van der Waals surface area contributed by atoms with Gasteiger partial charge in [-0.25, -0.2) is 18.2 Å². The fourth-order valence-corrected chi connectivity index (χ4v) is 2.96. The van der Waals surface area contributed by atoms with Gasteiger partial charge in [0.1, 0.15) is 0 Å². The number of sulfonamides is 1. The van der Waals surface area contributed by atoms with Gasteiger partial charge in [0.05, 0.1) is 5.69 Å². The number of urea groups is 1. The maximum absolute atomic E-state index is 12.1. The Labute approximate surface area is 120 Å². The van der Waals surface area contributed by atoms with Gasteiger partial charge in [0.15, 0.2) is 5.25 Å². The standard InChI is InChI=1S/C11H10ClN3O4S/c1-6-7(12)3-2-4-8(6)15-20(18,19)9-5-13-11(17)14-10(9)16/h2-5,9,15H,1H3,(H,14,16,17). The number of amides is 3. The van der Waals surface area contributed by atoms with Crippen molar-refractivity contribution < 1.29 is 18.0 Å². The molecule has 7 nitrogen and oxygen atoms in total. The largest absolute Gasteiger partial charge is 0.347 e. The van der Waals surface area contributed by atoms with E-state index in [9.17, 15) is 18.0 Å². The Morgan fingerprint density at radius 3 is 2.70 bits per heavy atom. The summed E-state index contributed by atoms with van der Waals surface area (Å²) in [5.74, 6) is -0.947. The van der Waals surface area contributed by atoms with Crippen molar-refractivity contribution in [1.29, 1.82) is 0 Å². The average Bonchev–Trinajstić information content (AvgIpc) is 2.34. The van der Waals surface area contributed by atoms with Crippen molar-refractivity contribution >= 4 is 45.5 Å². The number of rotatable bonds is 3. The molecule has 1 aromatic carbocycles. The Hall–Kier alpha value is -1.93. The number of hydrogen-bond acceptors (Lipinski definition) is 4. The first kappa shape index (κ1) is 14.5. The second-order valence-corrected chi connectivity index (χ2v) is 6.26. The SMILES string of the molecule is Cc1c(Cl)cccc1NS(=O)(=O)C1C=NC(=O)NC1=O. The molecule has 0 bridgehead atoms. The van der Waals surface area contributed by atoms with Gasteiger partial charge < -0.3 is 0 Å². The van der Waals surface area contributed by atoms with Crippen molar-refractivity contribution in [1.82, 2.24) is 5.32 Å². The molecule has 0 fully saturated rings. The smallest absolute Gasteiger partial charge is 0.282 e. The first-order chi connectivity index (χ1) is 9.31. The molecule has 9 heteroatoms. The zero-order valence-electron chi connectivity index (χ0n) is 10.3. The van der Waals surface area contributed by atoms with Crippen LogP contribution in [0.4, 0.5) is 10.5 Å². The van der Waals surface area contributed by atoms with E-state index in [1.54, 1.807) is 19.1 Å². The van der Waals surface area contributed by atoms with Crippen molar-refractivity contribution in [3.05, 3.63) is 28.8 Å². The number of carbonyl (C=O) groups is 2. The molecule has 3 amide bonds. The Morgan fingerprint density at radius 1 is 1.35 bits per heavy atom. The molecule has 0 aliphatic carbocycles. The number of nitrogens with one attached hydrogen (secondary N) is 2. The van der Waals surface area contributed by atoms with Crippen molar-refractivity contribution in [3.8, 4) is 0 Å². The van der Waals surface area contributed by atoms with Gasteiger partial charge in [0, 0.05) is 11.2 Å². The van der Waals surface area contributed by atoms with E-state index in [0.29, 0.717) is 10.6 Å². The minimum absolute atomic E-state index is 0.260. The molecule has 0 aromatic heterocycles. The third kappa shape index (κ3) is 2.81. The number of halogens is 1. The van der Waals surface area contributed by atoms with Crippen LogP contribution in [-0.4, -0.2) is 31.8 Å². The maximum Gasteiger partial charge on any atom is 0.347 e. The average molecular weight is 316 g/mol. The monoisotopic (exact) mass is 315 g/mol. The molecule has 106 valence electrons. The zero-order chi connectivity index (χ0) is 14.9. The highest BCUT2D eigenvalue weighted by atomic mass is 35.5. The van der Waals surface area contributed by atoms with Crippen LogP contribution in [0.15, 0.2) is 23.2 Å². The highest BCUT2D eigenvalue weighted by molar-refractivity contribution is 7.94. The lowest BCUT2D eigenvalue weighted by atomic mass is 10.2. The summed E-state index contributed by atoms with van der Waals surface area (Å²) in [6.07, 6.45) is 0.795. The minimum atomic E-state index is -4.07. The van der Waals surface area contributed by atoms with E-state index in [0.717, 1.165) is 6.21 Å². The summed E-state index contributed by atoms with van der Waals surface area (Å²) in [7, 11) is -4.07. The second-order valence-electron chi connectivity index (χ2n) is 4.05. The molecule has 1 atom stereocenters. The van der Waals surface area contributed by atoms with Crippen LogP contribution >= 0.6 is 11.6 Å². The van der Waals surface area contributed by atoms with Crippen LogP contribution in [0.5, 0.6) is 0 Å². The molecule has 1 aliphatic heterocycles. The zero-order valence-corrected chi connectivity index (χ0v) is 11.8. The number of aliphatic imine (C=N–C) groups is 1. The molecule has 1 aromatic rings. The Bertz CT molecular complexity index is 714. The van der Waals surface area contributed by atoms with E-state index < -0.39 is 27.2 Å². The first-order valence-corrected chi connectivity index (χ1v) is 7.39. The quantitative estimate of drug-likeness (QED) is 0.870. The van der Waals surface area contributed by atoms with E-state index in [1.165, 1.54) is 6.07 Å². The Balaban J connectivity index is 2.32. The first-order valence-electron chi connectivity index (χ1n) is 5.47. The van der Waals surface area contributed by atoms with E-state index in [4.69, 9.17) is 11.6 Å². The summed E-state index contributed by atoms with van der Waals surface area (Å²) >= 11 is 5.89. The molecule has 1 unspecified atom stereocenters. The lowest BCUT2D eigenvalue weighted by molar-refractivity contribution is -0.118. The van der Waals surface area contributed by atoms with Crippen molar-refractivity contribution in [2.24, 2.45) is 4.99 Å². The van der Waals surface area contributed by atoms with Gasteiger partial charge in [-0.05, 0) is 24.6 Å². The minimum Gasteiger partial charge on any atom is -0.282 e. The summed E-state index contributed by atoms with van der Waals surface area (Å²) < 4.78 is 26.5. The summed E-state index contributed by atoms with van der Waals surface area (Å²) in [4.78, 5) is 25.6. The molecule has 0 radical (unpaired) electrons. The van der Waals surface area contributed by atoms with Gasteiger partial charge in [0.25, 0.3) is 5.91 Å². The molecule has 0 saturated heterocycles. The number of nitrogens with zero attached hydrogens (tertiary/aromatic N) is 1. The van der Waals surface area contributed by atoms with Crippen molar-refractivity contribution in [3.63, 3.8) is 0 Å². The fourth-order valence-electron chi connectivity index (χ4n) is 1.57. The van der Waals surface area contributed by atoms with Gasteiger partial charge in [0.2, 0.25) is 10.0 Å². The number of benzene rings is 1. The van der Waals surface area contributed by atoms with Crippen molar-refractivity contribution in [2.75, 3.05) is 4.72 Å². The van der Waals surface area contributed by atoms with Crippen LogP contribution in [-0.2, 0) is 14.8 Å². The second kappa shape index (κ2) is 5.22. The third-order valence-electron chi connectivity index (χ3n) is 2.67. The van der Waals surface area contributed by atoms with Crippen LogP contribution in [0, 0.1) is 6.92 Å². The Kier molecular flexibility index (Phi) is 3.78. The number of anilines is 1. The van der Waals surface area contributed by atoms with Crippen molar-refractivity contribution in [2.45, 2.75) is 12.2 Å². The molecule has 1 heterocycles. The van der Waals surface area contributed by atoms with E-state index in [1.807, 2.05) is 5.32 Å². The lowest BCUT2D eigenvalue weighted by Gasteiger charge is -2.17. The van der Waals surface area contributed by atoms with E-state index in [2.05, 4.69) is 9.71 Å². The lowest BCUT2D eigenvalue weighted by Crippen LogP contribution is -2.48. The molecule has 0 spiro atoms.